The monoisotopic (exact) mass is 165 g/mol. The molecule has 0 saturated heterocycles. The van der Waals surface area contributed by atoms with Crippen molar-refractivity contribution in [1.29, 1.82) is 0 Å². The predicted octanol–water partition coefficient (Wildman–Crippen LogP) is 1.38. The zero-order valence-corrected chi connectivity index (χ0v) is 6.56. The second-order valence-corrected chi connectivity index (χ2v) is 2.78. The molecule has 11 heavy (non-hydrogen) atoms. The van der Waals surface area contributed by atoms with Crippen LogP contribution >= 0.6 is 12.1 Å². The Kier molecular flexibility index (Phi) is 1.47. The van der Waals surface area contributed by atoms with Crippen molar-refractivity contribution in [3.63, 3.8) is 0 Å². The zero-order chi connectivity index (χ0) is 7.68. The summed E-state index contributed by atoms with van der Waals surface area (Å²) >= 11 is 1.26. The summed E-state index contributed by atoms with van der Waals surface area (Å²) in [7, 11) is 0. The molecule has 0 aliphatic carbocycles. The van der Waals surface area contributed by atoms with Crippen LogP contribution in [0.5, 0.6) is 0 Å². The van der Waals surface area contributed by atoms with E-state index in [0.29, 0.717) is 5.84 Å². The summed E-state index contributed by atoms with van der Waals surface area (Å²) < 4.78 is 7.01. The second-order valence-electron chi connectivity index (χ2n) is 2.22. The van der Waals surface area contributed by atoms with Crippen LogP contribution in [0, 0.1) is 0 Å². The third kappa shape index (κ3) is 1.05. The standard InChI is InChI=1S/C7H7N3S/c8-7-5-3-1-2-4-6(5)9-11-10-7/h1-4,9H,(H2,8,10). The minimum atomic E-state index is 0.587. The highest BCUT2D eigenvalue weighted by Crippen LogP contribution is 2.23. The summed E-state index contributed by atoms with van der Waals surface area (Å²) in [5, 5.41) is 0. The molecule has 1 aromatic rings. The van der Waals surface area contributed by atoms with Gasteiger partial charge in [-0.3, -0.25) is 0 Å². The number of fused-ring (bicyclic) bond motifs is 1. The van der Waals surface area contributed by atoms with Crippen LogP contribution in [0.2, 0.25) is 0 Å². The van der Waals surface area contributed by atoms with E-state index in [4.69, 9.17) is 5.73 Å². The molecular formula is C7H7N3S. The van der Waals surface area contributed by atoms with Gasteiger partial charge in [-0.25, -0.2) is 0 Å². The minimum absolute atomic E-state index is 0.587. The SMILES string of the molecule is NC1=NSNc2ccccc21. The third-order valence-corrected chi connectivity index (χ3v) is 2.10. The maximum absolute atomic E-state index is 5.64. The first-order valence-corrected chi connectivity index (χ1v) is 4.00. The normalized spacial score (nSPS) is 14.7. The smallest absolute Gasteiger partial charge is 0.142 e. The molecule has 0 unspecified atom stereocenters. The van der Waals surface area contributed by atoms with Crippen LogP contribution in [-0.2, 0) is 0 Å². The average Bonchev–Trinajstić information content (AvgIpc) is 2.06. The topological polar surface area (TPSA) is 50.4 Å². The summed E-state index contributed by atoms with van der Waals surface area (Å²) in [5.74, 6) is 0.587. The van der Waals surface area contributed by atoms with Gasteiger partial charge in [0.2, 0.25) is 0 Å². The molecule has 0 atom stereocenters. The maximum Gasteiger partial charge on any atom is 0.142 e. The summed E-state index contributed by atoms with van der Waals surface area (Å²) in [5.41, 5.74) is 7.65. The fourth-order valence-electron chi connectivity index (χ4n) is 0.966. The molecule has 4 heteroatoms. The highest BCUT2D eigenvalue weighted by molar-refractivity contribution is 7.99. The largest absolute Gasteiger partial charge is 0.383 e. The van der Waals surface area contributed by atoms with Crippen LogP contribution in [0.4, 0.5) is 5.69 Å². The van der Waals surface area contributed by atoms with E-state index in [2.05, 4.69) is 9.12 Å². The lowest BCUT2D eigenvalue weighted by Crippen LogP contribution is -2.17. The third-order valence-electron chi connectivity index (χ3n) is 1.50. The van der Waals surface area contributed by atoms with E-state index in [1.165, 1.54) is 12.1 Å². The Bertz CT molecular complexity index is 308. The molecule has 3 nitrogen and oxygen atoms in total. The summed E-state index contributed by atoms with van der Waals surface area (Å²) in [6.45, 7) is 0. The van der Waals surface area contributed by atoms with E-state index in [1.54, 1.807) is 0 Å². The van der Waals surface area contributed by atoms with E-state index in [0.717, 1.165) is 11.3 Å². The molecule has 1 aliphatic rings. The Labute approximate surface area is 69.0 Å². The van der Waals surface area contributed by atoms with Crippen molar-refractivity contribution in [3.05, 3.63) is 29.8 Å². The van der Waals surface area contributed by atoms with Crippen LogP contribution in [0.25, 0.3) is 0 Å². The number of rotatable bonds is 0. The summed E-state index contributed by atoms with van der Waals surface area (Å²) in [4.78, 5) is 0. The molecule has 0 amide bonds. The van der Waals surface area contributed by atoms with Gasteiger partial charge in [-0.15, -0.1) is 0 Å². The molecule has 0 bridgehead atoms. The van der Waals surface area contributed by atoms with Gasteiger partial charge in [0.25, 0.3) is 0 Å². The first-order valence-electron chi connectivity index (χ1n) is 3.23. The maximum atomic E-state index is 5.64. The van der Waals surface area contributed by atoms with Gasteiger partial charge in [0.15, 0.2) is 0 Å². The second kappa shape index (κ2) is 2.47. The van der Waals surface area contributed by atoms with E-state index in [9.17, 15) is 0 Å². The van der Waals surface area contributed by atoms with Gasteiger partial charge in [0, 0.05) is 5.56 Å². The molecule has 0 saturated carbocycles. The predicted molar refractivity (Wildman–Crippen MR) is 48.4 cm³/mol. The number of para-hydroxylation sites is 1. The van der Waals surface area contributed by atoms with Crippen LogP contribution in [-0.4, -0.2) is 5.84 Å². The van der Waals surface area contributed by atoms with Gasteiger partial charge < -0.3 is 10.5 Å². The highest BCUT2D eigenvalue weighted by atomic mass is 32.2. The van der Waals surface area contributed by atoms with Crippen molar-refractivity contribution in [2.24, 2.45) is 10.1 Å². The fourth-order valence-corrected chi connectivity index (χ4v) is 1.48. The van der Waals surface area contributed by atoms with Crippen molar-refractivity contribution >= 4 is 23.7 Å². The number of hydrogen-bond acceptors (Lipinski definition) is 4. The molecule has 0 fully saturated rings. The lowest BCUT2D eigenvalue weighted by atomic mass is 10.2. The number of amidine groups is 1. The van der Waals surface area contributed by atoms with E-state index < -0.39 is 0 Å². The van der Waals surface area contributed by atoms with Gasteiger partial charge in [-0.2, -0.15) is 4.40 Å². The average molecular weight is 165 g/mol. The van der Waals surface area contributed by atoms with E-state index >= 15 is 0 Å². The van der Waals surface area contributed by atoms with Crippen molar-refractivity contribution in [2.45, 2.75) is 0 Å². The number of benzene rings is 1. The fraction of sp³-hybridized carbons (Fsp3) is 0. The molecule has 0 radical (unpaired) electrons. The number of hydrogen-bond donors (Lipinski definition) is 2. The minimum Gasteiger partial charge on any atom is -0.383 e. The first-order chi connectivity index (χ1) is 5.38. The Morgan fingerprint density at radius 3 is 3.00 bits per heavy atom. The Morgan fingerprint density at radius 1 is 1.36 bits per heavy atom. The molecule has 1 aromatic carbocycles. The molecular weight excluding hydrogens is 158 g/mol. The van der Waals surface area contributed by atoms with Gasteiger partial charge in [0.05, 0.1) is 17.8 Å². The number of nitrogens with zero attached hydrogens (tertiary/aromatic N) is 1. The first kappa shape index (κ1) is 6.54. The molecule has 1 heterocycles. The van der Waals surface area contributed by atoms with E-state index in [1.807, 2.05) is 24.3 Å². The molecule has 0 spiro atoms. The summed E-state index contributed by atoms with van der Waals surface area (Å²) in [6.07, 6.45) is 0. The number of nitrogens with two attached hydrogens (primary N) is 1. The van der Waals surface area contributed by atoms with Gasteiger partial charge in [0.1, 0.15) is 5.84 Å². The van der Waals surface area contributed by atoms with Gasteiger partial charge in [-0.05, 0) is 12.1 Å². The Morgan fingerprint density at radius 2 is 2.18 bits per heavy atom. The van der Waals surface area contributed by atoms with Crippen molar-refractivity contribution in [1.82, 2.24) is 0 Å². The molecule has 0 aromatic heterocycles. The molecule has 2 rings (SSSR count). The van der Waals surface area contributed by atoms with Gasteiger partial charge in [-0.1, -0.05) is 12.1 Å². The Balaban J connectivity index is 2.56. The lowest BCUT2D eigenvalue weighted by Gasteiger charge is -2.12. The number of anilines is 1. The molecule has 3 N–H and O–H groups in total. The van der Waals surface area contributed by atoms with Gasteiger partial charge >= 0.3 is 0 Å². The summed E-state index contributed by atoms with van der Waals surface area (Å²) in [6, 6.07) is 7.83. The van der Waals surface area contributed by atoms with Crippen molar-refractivity contribution in [2.75, 3.05) is 4.72 Å². The van der Waals surface area contributed by atoms with Crippen molar-refractivity contribution in [3.8, 4) is 0 Å². The van der Waals surface area contributed by atoms with Crippen molar-refractivity contribution < 1.29 is 0 Å². The highest BCUT2D eigenvalue weighted by Gasteiger charge is 2.09. The van der Waals surface area contributed by atoms with Crippen LogP contribution in [0.3, 0.4) is 0 Å². The van der Waals surface area contributed by atoms with Crippen LogP contribution in [0.1, 0.15) is 5.56 Å². The van der Waals surface area contributed by atoms with Crippen LogP contribution in [0.15, 0.2) is 28.7 Å². The molecule has 1 aliphatic heterocycles. The Hall–Kier alpha value is -1.16. The molecule has 56 valence electrons. The lowest BCUT2D eigenvalue weighted by molar-refractivity contribution is 1.53. The zero-order valence-electron chi connectivity index (χ0n) is 5.74. The van der Waals surface area contributed by atoms with E-state index in [-0.39, 0.29) is 0 Å². The number of nitrogens with one attached hydrogen (secondary N) is 1. The van der Waals surface area contributed by atoms with Crippen LogP contribution < -0.4 is 10.5 Å². The quantitative estimate of drug-likeness (QED) is 0.571.